The number of hydrogen-bond donors (Lipinski definition) is 1. The van der Waals surface area contributed by atoms with Gasteiger partial charge in [-0.25, -0.2) is 4.79 Å². The van der Waals surface area contributed by atoms with Gasteiger partial charge in [0.15, 0.2) is 0 Å². The number of amides is 1. The van der Waals surface area contributed by atoms with E-state index in [1.807, 2.05) is 6.92 Å². The molecule has 0 unspecified atom stereocenters. The second-order valence-corrected chi connectivity index (χ2v) is 5.65. The fourth-order valence-corrected chi connectivity index (χ4v) is 2.44. The first-order chi connectivity index (χ1) is 13.0. The van der Waals surface area contributed by atoms with Crippen molar-refractivity contribution in [2.24, 2.45) is 7.05 Å². The summed E-state index contributed by atoms with van der Waals surface area (Å²) < 4.78 is 7.22. The molecule has 2 aromatic carbocycles. The maximum Gasteiger partial charge on any atom is 0.351 e. The van der Waals surface area contributed by atoms with Gasteiger partial charge in [-0.15, -0.1) is 0 Å². The predicted molar refractivity (Wildman–Crippen MR) is 101 cm³/mol. The quantitative estimate of drug-likeness (QED) is 0.740. The molecule has 0 saturated heterocycles. The van der Waals surface area contributed by atoms with Crippen molar-refractivity contribution in [1.29, 1.82) is 0 Å². The van der Waals surface area contributed by atoms with Crippen LogP contribution in [0.15, 0.2) is 64.2 Å². The lowest BCUT2D eigenvalue weighted by Gasteiger charge is -2.10. The lowest BCUT2D eigenvalue weighted by atomic mass is 10.3. The zero-order valence-corrected chi connectivity index (χ0v) is 14.9. The standard InChI is InChI=1S/C19H18N4O4/c1-3-27-15-11-9-13(10-12-15)20-17(24)16-18(25)22(2)19(26)23(21-16)14-7-5-4-6-8-14/h4-12H,3H2,1-2H3,(H,20,24). The first-order valence-electron chi connectivity index (χ1n) is 8.31. The molecule has 3 rings (SSSR count). The van der Waals surface area contributed by atoms with Crippen molar-refractivity contribution in [2.45, 2.75) is 6.92 Å². The Kier molecular flexibility index (Phi) is 5.16. The molecular weight excluding hydrogens is 348 g/mol. The first kappa shape index (κ1) is 18.1. The average molecular weight is 366 g/mol. The van der Waals surface area contributed by atoms with Crippen LogP contribution in [0.4, 0.5) is 5.69 Å². The largest absolute Gasteiger partial charge is 0.494 e. The Balaban J connectivity index is 1.96. The number of para-hydroxylation sites is 1. The summed E-state index contributed by atoms with van der Waals surface area (Å²) in [5.41, 5.74) is -0.854. The highest BCUT2D eigenvalue weighted by Gasteiger charge is 2.18. The van der Waals surface area contributed by atoms with Crippen LogP contribution >= 0.6 is 0 Å². The summed E-state index contributed by atoms with van der Waals surface area (Å²) in [6.45, 7) is 2.41. The van der Waals surface area contributed by atoms with Crippen molar-refractivity contribution >= 4 is 11.6 Å². The van der Waals surface area contributed by atoms with E-state index in [-0.39, 0.29) is 5.69 Å². The number of carbonyl (C=O) groups excluding carboxylic acids is 1. The molecular formula is C19H18N4O4. The van der Waals surface area contributed by atoms with Crippen LogP contribution < -0.4 is 21.3 Å². The Morgan fingerprint density at radius 2 is 1.74 bits per heavy atom. The molecule has 1 aromatic heterocycles. The molecule has 8 nitrogen and oxygen atoms in total. The van der Waals surface area contributed by atoms with E-state index < -0.39 is 17.2 Å². The van der Waals surface area contributed by atoms with E-state index in [0.29, 0.717) is 23.7 Å². The summed E-state index contributed by atoms with van der Waals surface area (Å²) in [6, 6.07) is 15.3. The number of ether oxygens (including phenoxy) is 1. The summed E-state index contributed by atoms with van der Waals surface area (Å²) in [4.78, 5) is 37.2. The number of rotatable bonds is 5. The van der Waals surface area contributed by atoms with Crippen LogP contribution in [0.3, 0.4) is 0 Å². The molecule has 8 heteroatoms. The topological polar surface area (TPSA) is 95.2 Å². The maximum atomic E-state index is 12.6. The van der Waals surface area contributed by atoms with Crippen LogP contribution in [-0.2, 0) is 7.05 Å². The van der Waals surface area contributed by atoms with Gasteiger partial charge in [0.25, 0.3) is 11.5 Å². The third-order valence-corrected chi connectivity index (χ3v) is 3.81. The zero-order chi connectivity index (χ0) is 19.4. The molecule has 138 valence electrons. The van der Waals surface area contributed by atoms with Crippen LogP contribution in [0.25, 0.3) is 5.69 Å². The molecule has 0 aliphatic carbocycles. The minimum Gasteiger partial charge on any atom is -0.494 e. The molecule has 0 atom stereocenters. The van der Waals surface area contributed by atoms with Crippen molar-refractivity contribution in [3.05, 3.63) is 81.1 Å². The summed E-state index contributed by atoms with van der Waals surface area (Å²) in [7, 11) is 1.31. The van der Waals surface area contributed by atoms with Gasteiger partial charge in [-0.1, -0.05) is 18.2 Å². The fraction of sp³-hybridized carbons (Fsp3) is 0.158. The highest BCUT2D eigenvalue weighted by Crippen LogP contribution is 2.15. The Morgan fingerprint density at radius 1 is 1.07 bits per heavy atom. The van der Waals surface area contributed by atoms with Crippen molar-refractivity contribution < 1.29 is 9.53 Å². The minimum absolute atomic E-state index is 0.380. The highest BCUT2D eigenvalue weighted by atomic mass is 16.5. The molecule has 1 amide bonds. The average Bonchev–Trinajstić information content (AvgIpc) is 2.69. The first-order valence-corrected chi connectivity index (χ1v) is 8.31. The summed E-state index contributed by atoms with van der Waals surface area (Å²) in [5.74, 6) is -0.0355. The Bertz CT molecular complexity index is 1070. The summed E-state index contributed by atoms with van der Waals surface area (Å²) in [6.07, 6.45) is 0. The second kappa shape index (κ2) is 7.69. The van der Waals surface area contributed by atoms with Gasteiger partial charge in [0.1, 0.15) is 5.75 Å². The molecule has 3 aromatic rings. The minimum atomic E-state index is -0.768. The smallest absolute Gasteiger partial charge is 0.351 e. The molecule has 0 spiro atoms. The lowest BCUT2D eigenvalue weighted by Crippen LogP contribution is -2.43. The molecule has 1 N–H and O–H groups in total. The van der Waals surface area contributed by atoms with Crippen LogP contribution in [-0.4, -0.2) is 26.9 Å². The number of benzene rings is 2. The monoisotopic (exact) mass is 366 g/mol. The van der Waals surface area contributed by atoms with E-state index in [1.165, 1.54) is 7.05 Å². The SMILES string of the molecule is CCOc1ccc(NC(=O)c2nn(-c3ccccc3)c(=O)n(C)c2=O)cc1. The molecule has 0 aliphatic rings. The van der Waals surface area contributed by atoms with Crippen LogP contribution in [0, 0.1) is 0 Å². The van der Waals surface area contributed by atoms with Gasteiger partial charge in [-0.05, 0) is 43.3 Å². The number of carbonyl (C=O) groups is 1. The van der Waals surface area contributed by atoms with Gasteiger partial charge in [0.2, 0.25) is 5.69 Å². The number of aromatic nitrogens is 3. The summed E-state index contributed by atoms with van der Waals surface area (Å²) >= 11 is 0. The highest BCUT2D eigenvalue weighted by molar-refractivity contribution is 6.02. The molecule has 0 bridgehead atoms. The van der Waals surface area contributed by atoms with E-state index in [1.54, 1.807) is 54.6 Å². The Hall–Kier alpha value is -3.68. The maximum absolute atomic E-state index is 12.6. The van der Waals surface area contributed by atoms with Gasteiger partial charge >= 0.3 is 5.69 Å². The van der Waals surface area contributed by atoms with E-state index in [9.17, 15) is 14.4 Å². The Morgan fingerprint density at radius 3 is 2.37 bits per heavy atom. The third kappa shape index (κ3) is 3.79. The zero-order valence-electron chi connectivity index (χ0n) is 14.9. The van der Waals surface area contributed by atoms with Gasteiger partial charge in [0, 0.05) is 12.7 Å². The van der Waals surface area contributed by atoms with Crippen LogP contribution in [0.2, 0.25) is 0 Å². The van der Waals surface area contributed by atoms with E-state index in [0.717, 1.165) is 9.25 Å². The number of nitrogens with zero attached hydrogens (tertiary/aromatic N) is 3. The Labute approximate surface area is 154 Å². The van der Waals surface area contributed by atoms with Crippen molar-refractivity contribution in [2.75, 3.05) is 11.9 Å². The molecule has 27 heavy (non-hydrogen) atoms. The van der Waals surface area contributed by atoms with E-state index >= 15 is 0 Å². The van der Waals surface area contributed by atoms with Crippen molar-refractivity contribution in [1.82, 2.24) is 14.3 Å². The van der Waals surface area contributed by atoms with Gasteiger partial charge in [0.05, 0.1) is 12.3 Å². The lowest BCUT2D eigenvalue weighted by molar-refractivity contribution is 0.101. The van der Waals surface area contributed by atoms with Gasteiger partial charge in [-0.3, -0.25) is 14.2 Å². The predicted octanol–water partition coefficient (Wildman–Crippen LogP) is 1.58. The van der Waals surface area contributed by atoms with Gasteiger partial charge in [-0.2, -0.15) is 9.78 Å². The van der Waals surface area contributed by atoms with Crippen molar-refractivity contribution in [3.63, 3.8) is 0 Å². The normalized spacial score (nSPS) is 10.4. The number of hydrogen-bond acceptors (Lipinski definition) is 5. The third-order valence-electron chi connectivity index (χ3n) is 3.81. The van der Waals surface area contributed by atoms with E-state index in [4.69, 9.17) is 4.74 Å². The van der Waals surface area contributed by atoms with Crippen molar-refractivity contribution in [3.8, 4) is 11.4 Å². The number of nitrogens with one attached hydrogen (secondary N) is 1. The molecule has 0 saturated carbocycles. The summed E-state index contributed by atoms with van der Waals surface area (Å²) in [5, 5.41) is 6.59. The molecule has 1 heterocycles. The second-order valence-electron chi connectivity index (χ2n) is 5.65. The van der Waals surface area contributed by atoms with Gasteiger partial charge < -0.3 is 10.1 Å². The van der Waals surface area contributed by atoms with Crippen LogP contribution in [0.1, 0.15) is 17.4 Å². The fourth-order valence-electron chi connectivity index (χ4n) is 2.44. The number of anilines is 1. The van der Waals surface area contributed by atoms with Crippen LogP contribution in [0.5, 0.6) is 5.75 Å². The molecule has 0 fully saturated rings. The molecule has 0 aliphatic heterocycles. The van der Waals surface area contributed by atoms with E-state index in [2.05, 4.69) is 10.4 Å². The molecule has 0 radical (unpaired) electrons.